The number of hydrogen-bond acceptors (Lipinski definition) is 6. The molecule has 0 radical (unpaired) electrons. The number of halogens is 3. The van der Waals surface area contributed by atoms with E-state index in [0.29, 0.717) is 0 Å². The van der Waals surface area contributed by atoms with Gasteiger partial charge < -0.3 is 14.2 Å². The Labute approximate surface area is 152 Å². The highest BCUT2D eigenvalue weighted by atomic mass is 32.2. The van der Waals surface area contributed by atoms with Gasteiger partial charge in [-0.25, -0.2) is 13.2 Å². The number of methoxy groups -OCH3 is 2. The molecule has 0 amide bonds. The van der Waals surface area contributed by atoms with Crippen molar-refractivity contribution < 1.29 is 40.6 Å². The van der Waals surface area contributed by atoms with Crippen molar-refractivity contribution in [2.24, 2.45) is 0 Å². The highest BCUT2D eigenvalue weighted by Gasteiger charge is 2.34. The van der Waals surface area contributed by atoms with Crippen LogP contribution in [0.25, 0.3) is 0 Å². The van der Waals surface area contributed by atoms with Crippen molar-refractivity contribution in [3.05, 3.63) is 48.0 Å². The lowest BCUT2D eigenvalue weighted by Crippen LogP contribution is -2.21. The molecule has 1 N–H and O–H groups in total. The van der Waals surface area contributed by atoms with Crippen LogP contribution in [0.3, 0.4) is 0 Å². The van der Waals surface area contributed by atoms with Crippen LogP contribution in [-0.2, 0) is 14.8 Å². The summed E-state index contributed by atoms with van der Waals surface area (Å²) >= 11 is 0. The number of benzene rings is 2. The van der Waals surface area contributed by atoms with Gasteiger partial charge in [0.25, 0.3) is 10.0 Å². The average Bonchev–Trinajstić information content (AvgIpc) is 2.59. The van der Waals surface area contributed by atoms with E-state index in [0.717, 1.165) is 19.2 Å². The van der Waals surface area contributed by atoms with E-state index in [1.807, 2.05) is 0 Å². The lowest BCUT2D eigenvalue weighted by atomic mass is 10.2. The molecule has 11 heteroatoms. The quantitative estimate of drug-likeness (QED) is 0.743. The zero-order valence-electron chi connectivity index (χ0n) is 14.0. The molecular formula is C16H14F3NO6S. The number of alkyl halides is 3. The van der Waals surface area contributed by atoms with Crippen molar-refractivity contribution in [3.63, 3.8) is 0 Å². The third-order valence-electron chi connectivity index (χ3n) is 3.22. The topological polar surface area (TPSA) is 90.9 Å². The van der Waals surface area contributed by atoms with Crippen LogP contribution < -0.4 is 14.2 Å². The van der Waals surface area contributed by atoms with Gasteiger partial charge in [0.05, 0.1) is 19.9 Å². The fraction of sp³-hybridized carbons (Fsp3) is 0.188. The number of ether oxygens (including phenoxy) is 3. The van der Waals surface area contributed by atoms with Crippen LogP contribution in [0.2, 0.25) is 0 Å². The van der Waals surface area contributed by atoms with Gasteiger partial charge in [0.2, 0.25) is 0 Å². The zero-order valence-corrected chi connectivity index (χ0v) is 14.8. The molecule has 2 aromatic rings. The number of hydrogen-bond donors (Lipinski definition) is 1. The van der Waals surface area contributed by atoms with E-state index in [9.17, 15) is 26.4 Å². The Kier molecular flexibility index (Phi) is 5.84. The molecule has 0 aliphatic heterocycles. The molecule has 0 fully saturated rings. The van der Waals surface area contributed by atoms with Crippen LogP contribution in [0.1, 0.15) is 10.4 Å². The average molecular weight is 405 g/mol. The van der Waals surface area contributed by atoms with Crippen LogP contribution >= 0.6 is 0 Å². The largest absolute Gasteiger partial charge is 0.573 e. The van der Waals surface area contributed by atoms with Gasteiger partial charge in [-0.1, -0.05) is 12.1 Å². The molecule has 0 bridgehead atoms. The molecule has 0 heterocycles. The first-order chi connectivity index (χ1) is 12.6. The third kappa shape index (κ3) is 5.03. The summed E-state index contributed by atoms with van der Waals surface area (Å²) in [6, 6.07) is 7.97. The van der Waals surface area contributed by atoms with Gasteiger partial charge in [0, 0.05) is 6.07 Å². The van der Waals surface area contributed by atoms with Gasteiger partial charge >= 0.3 is 12.3 Å². The minimum Gasteiger partial charge on any atom is -0.496 e. The Balaban J connectivity index is 2.39. The van der Waals surface area contributed by atoms with Crippen LogP contribution in [0.4, 0.5) is 18.9 Å². The number of nitrogens with one attached hydrogen (secondary N) is 1. The highest BCUT2D eigenvalue weighted by Crippen LogP contribution is 2.31. The molecule has 2 rings (SSSR count). The zero-order chi connectivity index (χ0) is 20.2. The van der Waals surface area contributed by atoms with Gasteiger partial charge in [-0.3, -0.25) is 4.72 Å². The number of esters is 1. The maximum absolute atomic E-state index is 12.5. The van der Waals surface area contributed by atoms with E-state index in [1.54, 1.807) is 0 Å². The minimum atomic E-state index is -5.06. The normalized spacial score (nSPS) is 11.6. The predicted molar refractivity (Wildman–Crippen MR) is 88.3 cm³/mol. The Hall–Kier alpha value is -2.95. The summed E-state index contributed by atoms with van der Waals surface area (Å²) in [5.74, 6) is -1.57. The minimum absolute atomic E-state index is 0.0156. The summed E-state index contributed by atoms with van der Waals surface area (Å²) in [6.45, 7) is 0. The maximum Gasteiger partial charge on any atom is 0.573 e. The van der Waals surface area contributed by atoms with Gasteiger partial charge in [-0.15, -0.1) is 13.2 Å². The Morgan fingerprint density at radius 2 is 1.70 bits per heavy atom. The van der Waals surface area contributed by atoms with Crippen molar-refractivity contribution >= 4 is 21.7 Å². The highest BCUT2D eigenvalue weighted by molar-refractivity contribution is 7.92. The molecule has 27 heavy (non-hydrogen) atoms. The molecule has 0 spiro atoms. The van der Waals surface area contributed by atoms with Crippen molar-refractivity contribution in [1.29, 1.82) is 0 Å². The number of carbonyl (C=O) groups is 1. The number of carbonyl (C=O) groups excluding carboxylic acids is 1. The summed E-state index contributed by atoms with van der Waals surface area (Å²) in [5, 5.41) is 0. The lowest BCUT2D eigenvalue weighted by Gasteiger charge is -2.15. The van der Waals surface area contributed by atoms with Gasteiger partial charge in [-0.2, -0.15) is 0 Å². The van der Waals surface area contributed by atoms with Crippen LogP contribution in [0, 0.1) is 0 Å². The monoisotopic (exact) mass is 405 g/mol. The van der Waals surface area contributed by atoms with Gasteiger partial charge in [-0.05, 0) is 24.3 Å². The number of sulfonamides is 1. The van der Waals surface area contributed by atoms with Crippen molar-refractivity contribution in [1.82, 2.24) is 0 Å². The summed E-state index contributed by atoms with van der Waals surface area (Å²) < 4.78 is 77.9. The second kappa shape index (κ2) is 7.74. The van der Waals surface area contributed by atoms with Crippen molar-refractivity contribution in [2.45, 2.75) is 11.3 Å². The second-order valence-corrected chi connectivity index (χ2v) is 6.66. The summed E-state index contributed by atoms with van der Waals surface area (Å²) in [6.07, 6.45) is -5.06. The Morgan fingerprint density at radius 3 is 2.30 bits per heavy atom. The maximum atomic E-state index is 12.5. The molecule has 2 aromatic carbocycles. The second-order valence-electron chi connectivity index (χ2n) is 5.01. The Bertz CT molecular complexity index is 943. The van der Waals surface area contributed by atoms with Crippen LogP contribution in [0.15, 0.2) is 47.4 Å². The SMILES string of the molecule is COC(=O)c1ccc(NS(=O)(=O)c2ccccc2OC(F)(F)F)cc1OC. The van der Waals surface area contributed by atoms with E-state index in [-0.39, 0.29) is 17.0 Å². The summed E-state index contributed by atoms with van der Waals surface area (Å²) in [4.78, 5) is 10.9. The fourth-order valence-electron chi connectivity index (χ4n) is 2.12. The molecule has 0 saturated carbocycles. The number of rotatable bonds is 6. The predicted octanol–water partition coefficient (Wildman–Crippen LogP) is 3.18. The first kappa shape index (κ1) is 20.4. The first-order valence-corrected chi connectivity index (χ1v) is 8.69. The van der Waals surface area contributed by atoms with E-state index in [1.165, 1.54) is 37.4 Å². The van der Waals surface area contributed by atoms with Crippen LogP contribution in [-0.4, -0.2) is 35.0 Å². The number of anilines is 1. The van der Waals surface area contributed by atoms with E-state index >= 15 is 0 Å². The standard InChI is InChI=1S/C16H14F3NO6S/c1-24-13-9-10(7-8-11(13)15(21)25-2)20-27(22,23)14-6-4-3-5-12(14)26-16(17,18)19/h3-9,20H,1-2H3. The molecular weight excluding hydrogens is 391 g/mol. The molecule has 0 aliphatic carbocycles. The summed E-state index contributed by atoms with van der Waals surface area (Å²) in [7, 11) is -2.01. The lowest BCUT2D eigenvalue weighted by molar-refractivity contribution is -0.275. The molecule has 7 nitrogen and oxygen atoms in total. The van der Waals surface area contributed by atoms with E-state index in [2.05, 4.69) is 14.2 Å². The van der Waals surface area contributed by atoms with Gasteiger partial charge in [0.15, 0.2) is 0 Å². The first-order valence-electron chi connectivity index (χ1n) is 7.21. The summed E-state index contributed by atoms with van der Waals surface area (Å²) in [5.41, 5.74) is 0.00469. The number of para-hydroxylation sites is 1. The van der Waals surface area contributed by atoms with Crippen LogP contribution in [0.5, 0.6) is 11.5 Å². The van der Waals surface area contributed by atoms with E-state index in [4.69, 9.17) is 4.74 Å². The van der Waals surface area contributed by atoms with Gasteiger partial charge in [0.1, 0.15) is 22.0 Å². The third-order valence-corrected chi connectivity index (χ3v) is 4.64. The molecule has 0 aliphatic rings. The van der Waals surface area contributed by atoms with Crippen molar-refractivity contribution in [2.75, 3.05) is 18.9 Å². The van der Waals surface area contributed by atoms with Crippen molar-refractivity contribution in [3.8, 4) is 11.5 Å². The smallest absolute Gasteiger partial charge is 0.496 e. The fourth-order valence-corrected chi connectivity index (χ4v) is 3.30. The Morgan fingerprint density at radius 1 is 1.04 bits per heavy atom. The van der Waals surface area contributed by atoms with E-state index < -0.39 is 33.0 Å². The molecule has 0 unspecified atom stereocenters. The molecule has 0 aromatic heterocycles. The molecule has 146 valence electrons. The molecule has 0 atom stereocenters. The molecule has 0 saturated heterocycles.